The Hall–Kier alpha value is -2.49. The Kier molecular flexibility index (Phi) is 10.4. The summed E-state index contributed by atoms with van der Waals surface area (Å²) in [6, 6.07) is 13.6. The van der Waals surface area contributed by atoms with Gasteiger partial charge >= 0.3 is 0 Å². The molecule has 1 aliphatic rings. The molecule has 1 amide bonds. The average Bonchev–Trinajstić information content (AvgIpc) is 3.24. The molecule has 7 nitrogen and oxygen atoms in total. The monoisotopic (exact) mass is 538 g/mol. The zero-order valence-electron chi connectivity index (χ0n) is 18.1. The molecular formula is C23H31IN4O3. The highest BCUT2D eigenvalue weighted by Gasteiger charge is 2.13. The van der Waals surface area contributed by atoms with E-state index >= 15 is 0 Å². The number of benzene rings is 2. The Balaban J connectivity index is 0.00000341. The van der Waals surface area contributed by atoms with Crippen LogP contribution in [-0.2, 0) is 13.0 Å². The first kappa shape index (κ1) is 24.8. The quantitative estimate of drug-likeness (QED) is 0.197. The number of carbonyl (C=O) groups excluding carboxylic acids is 1. The smallest absolute Gasteiger partial charge is 0.251 e. The van der Waals surface area contributed by atoms with E-state index in [4.69, 9.17) is 9.47 Å². The second kappa shape index (κ2) is 13.0. The van der Waals surface area contributed by atoms with E-state index in [0.717, 1.165) is 48.8 Å². The summed E-state index contributed by atoms with van der Waals surface area (Å²) in [4.78, 5) is 16.3. The molecule has 2 aromatic rings. The number of rotatable bonds is 9. The maximum atomic E-state index is 12.1. The maximum absolute atomic E-state index is 12.1. The minimum Gasteiger partial charge on any atom is -0.454 e. The van der Waals surface area contributed by atoms with Crippen molar-refractivity contribution in [2.45, 2.75) is 32.7 Å². The molecule has 0 bridgehead atoms. The number of halogens is 1. The molecule has 8 heteroatoms. The van der Waals surface area contributed by atoms with Gasteiger partial charge < -0.3 is 25.4 Å². The molecule has 0 radical (unpaired) electrons. The van der Waals surface area contributed by atoms with E-state index in [9.17, 15) is 4.79 Å². The van der Waals surface area contributed by atoms with Gasteiger partial charge in [-0.25, -0.2) is 0 Å². The molecule has 0 saturated carbocycles. The van der Waals surface area contributed by atoms with Crippen molar-refractivity contribution in [3.63, 3.8) is 0 Å². The second-order valence-corrected chi connectivity index (χ2v) is 7.10. The van der Waals surface area contributed by atoms with E-state index < -0.39 is 0 Å². The van der Waals surface area contributed by atoms with E-state index in [2.05, 4.69) is 27.9 Å². The summed E-state index contributed by atoms with van der Waals surface area (Å²) in [5.74, 6) is 2.31. The van der Waals surface area contributed by atoms with Crippen molar-refractivity contribution < 1.29 is 14.3 Å². The SMILES string of the molecule is CCCCNC(=O)c1ccc(CNC(=NC)NCCc2ccc3c(c2)OCO3)cc1.I. The molecule has 0 atom stereocenters. The number of fused-ring (bicyclic) bond motifs is 1. The van der Waals surface area contributed by atoms with Gasteiger partial charge in [0, 0.05) is 32.2 Å². The standard InChI is InChI=1S/C23H30N4O3.HI/c1-3-4-12-25-22(28)19-8-5-18(6-9-19)15-27-23(24-2)26-13-11-17-7-10-20-21(14-17)30-16-29-20;/h5-10,14H,3-4,11-13,15-16H2,1-2H3,(H,25,28)(H2,24,26,27);1H. The summed E-state index contributed by atoms with van der Waals surface area (Å²) >= 11 is 0. The molecule has 168 valence electrons. The molecule has 0 fully saturated rings. The summed E-state index contributed by atoms with van der Waals surface area (Å²) in [5.41, 5.74) is 2.94. The number of unbranched alkanes of at least 4 members (excludes halogenated alkanes) is 1. The first-order valence-electron chi connectivity index (χ1n) is 10.4. The molecule has 31 heavy (non-hydrogen) atoms. The van der Waals surface area contributed by atoms with Gasteiger partial charge in [-0.1, -0.05) is 31.5 Å². The van der Waals surface area contributed by atoms with Gasteiger partial charge in [0.15, 0.2) is 17.5 Å². The Morgan fingerprint density at radius 1 is 0.968 bits per heavy atom. The topological polar surface area (TPSA) is 84.0 Å². The Morgan fingerprint density at radius 2 is 1.71 bits per heavy atom. The summed E-state index contributed by atoms with van der Waals surface area (Å²) in [6.45, 7) is 4.48. The molecule has 0 unspecified atom stereocenters. The molecule has 0 aromatic heterocycles. The van der Waals surface area contributed by atoms with E-state index in [-0.39, 0.29) is 36.7 Å². The molecule has 0 aliphatic carbocycles. The van der Waals surface area contributed by atoms with Crippen LogP contribution in [0.5, 0.6) is 11.5 Å². The van der Waals surface area contributed by atoms with Gasteiger partial charge in [-0.05, 0) is 48.2 Å². The number of aliphatic imine (C=N–C) groups is 1. The maximum Gasteiger partial charge on any atom is 0.251 e. The highest BCUT2D eigenvalue weighted by Crippen LogP contribution is 2.32. The predicted octanol–water partition coefficient (Wildman–Crippen LogP) is 3.47. The zero-order valence-corrected chi connectivity index (χ0v) is 20.4. The van der Waals surface area contributed by atoms with Gasteiger partial charge in [0.05, 0.1) is 0 Å². The van der Waals surface area contributed by atoms with Gasteiger partial charge in [-0.2, -0.15) is 0 Å². The van der Waals surface area contributed by atoms with Crippen LogP contribution in [0.25, 0.3) is 0 Å². The fourth-order valence-electron chi connectivity index (χ4n) is 3.08. The minimum atomic E-state index is -0.0241. The number of amides is 1. The van der Waals surface area contributed by atoms with Crippen molar-refractivity contribution in [3.8, 4) is 11.5 Å². The van der Waals surface area contributed by atoms with Crippen LogP contribution in [0.1, 0.15) is 41.3 Å². The van der Waals surface area contributed by atoms with Crippen LogP contribution < -0.4 is 25.4 Å². The van der Waals surface area contributed by atoms with Crippen LogP contribution >= 0.6 is 24.0 Å². The molecule has 3 N–H and O–H groups in total. The van der Waals surface area contributed by atoms with Crippen molar-refractivity contribution in [1.82, 2.24) is 16.0 Å². The number of carbonyl (C=O) groups is 1. The molecule has 1 aliphatic heterocycles. The minimum absolute atomic E-state index is 0. The molecule has 0 saturated heterocycles. The highest BCUT2D eigenvalue weighted by molar-refractivity contribution is 14.0. The molecule has 3 rings (SSSR count). The summed E-state index contributed by atoms with van der Waals surface area (Å²) in [6.07, 6.45) is 2.91. The van der Waals surface area contributed by atoms with Crippen LogP contribution in [0.4, 0.5) is 0 Å². The third-order valence-corrected chi connectivity index (χ3v) is 4.86. The van der Waals surface area contributed by atoms with Crippen molar-refractivity contribution in [3.05, 3.63) is 59.2 Å². The molecule has 2 aromatic carbocycles. The number of nitrogens with zero attached hydrogens (tertiary/aromatic N) is 1. The lowest BCUT2D eigenvalue weighted by atomic mass is 10.1. The van der Waals surface area contributed by atoms with Gasteiger partial charge in [0.25, 0.3) is 5.91 Å². The fraction of sp³-hybridized carbons (Fsp3) is 0.391. The number of hydrogen-bond donors (Lipinski definition) is 3. The van der Waals surface area contributed by atoms with Crippen LogP contribution in [-0.4, -0.2) is 38.8 Å². The zero-order chi connectivity index (χ0) is 21.2. The van der Waals surface area contributed by atoms with Gasteiger partial charge in [-0.3, -0.25) is 9.79 Å². The van der Waals surface area contributed by atoms with E-state index in [0.29, 0.717) is 18.7 Å². The number of hydrogen-bond acceptors (Lipinski definition) is 4. The van der Waals surface area contributed by atoms with Crippen molar-refractivity contribution >= 4 is 35.8 Å². The fourth-order valence-corrected chi connectivity index (χ4v) is 3.08. The Bertz CT molecular complexity index is 872. The van der Waals surface area contributed by atoms with Crippen molar-refractivity contribution in [2.24, 2.45) is 4.99 Å². The molecule has 0 spiro atoms. The van der Waals surface area contributed by atoms with E-state index in [1.54, 1.807) is 7.05 Å². The third kappa shape index (κ3) is 7.61. The van der Waals surface area contributed by atoms with Crippen molar-refractivity contribution in [1.29, 1.82) is 0 Å². The Morgan fingerprint density at radius 3 is 2.45 bits per heavy atom. The molecular weight excluding hydrogens is 507 g/mol. The van der Waals surface area contributed by atoms with Gasteiger partial charge in [0.1, 0.15) is 0 Å². The predicted molar refractivity (Wildman–Crippen MR) is 134 cm³/mol. The number of guanidine groups is 1. The third-order valence-electron chi connectivity index (χ3n) is 4.86. The first-order chi connectivity index (χ1) is 14.7. The van der Waals surface area contributed by atoms with E-state index in [1.807, 2.05) is 42.5 Å². The van der Waals surface area contributed by atoms with Crippen molar-refractivity contribution in [2.75, 3.05) is 26.9 Å². The van der Waals surface area contributed by atoms with Crippen LogP contribution in [0.15, 0.2) is 47.5 Å². The largest absolute Gasteiger partial charge is 0.454 e. The van der Waals surface area contributed by atoms with Crippen LogP contribution in [0, 0.1) is 0 Å². The summed E-state index contributed by atoms with van der Waals surface area (Å²) in [7, 11) is 1.75. The first-order valence-corrected chi connectivity index (χ1v) is 10.4. The van der Waals surface area contributed by atoms with Gasteiger partial charge in [-0.15, -0.1) is 24.0 Å². The average molecular weight is 538 g/mol. The van der Waals surface area contributed by atoms with Crippen LogP contribution in [0.3, 0.4) is 0 Å². The lowest BCUT2D eigenvalue weighted by Crippen LogP contribution is -2.37. The lowest BCUT2D eigenvalue weighted by molar-refractivity contribution is 0.0953. The second-order valence-electron chi connectivity index (χ2n) is 7.10. The van der Waals surface area contributed by atoms with E-state index in [1.165, 1.54) is 5.56 Å². The molecule has 1 heterocycles. The Labute approximate surface area is 201 Å². The summed E-state index contributed by atoms with van der Waals surface area (Å²) in [5, 5.41) is 9.55. The normalized spacial score (nSPS) is 12.1. The number of nitrogens with one attached hydrogen (secondary N) is 3. The summed E-state index contributed by atoms with van der Waals surface area (Å²) < 4.78 is 10.8. The van der Waals surface area contributed by atoms with Crippen LogP contribution in [0.2, 0.25) is 0 Å². The number of ether oxygens (including phenoxy) is 2. The lowest BCUT2D eigenvalue weighted by Gasteiger charge is -2.12. The highest BCUT2D eigenvalue weighted by atomic mass is 127. The van der Waals surface area contributed by atoms with Gasteiger partial charge in [0.2, 0.25) is 6.79 Å².